The molecule has 2 nitrogen and oxygen atoms in total. The summed E-state index contributed by atoms with van der Waals surface area (Å²) in [6.07, 6.45) is 0. The molecule has 0 bridgehead atoms. The van der Waals surface area contributed by atoms with Crippen LogP contribution in [-0.2, 0) is 6.54 Å². The summed E-state index contributed by atoms with van der Waals surface area (Å²) in [4.78, 5) is 9.92. The van der Waals surface area contributed by atoms with Crippen LogP contribution in [0.1, 0.15) is 19.4 Å². The van der Waals surface area contributed by atoms with Crippen LogP contribution in [0.4, 0.5) is 0 Å². The molecule has 0 aromatic heterocycles. The SMILES string of the molecule is CC(C)NCc1ccc([Si](C)(C)O)cc1. The van der Waals surface area contributed by atoms with Crippen molar-refractivity contribution in [3.63, 3.8) is 0 Å². The van der Waals surface area contributed by atoms with Gasteiger partial charge in [0.1, 0.15) is 0 Å². The van der Waals surface area contributed by atoms with E-state index < -0.39 is 8.32 Å². The molecule has 0 heterocycles. The Morgan fingerprint density at radius 1 is 1.20 bits per heavy atom. The minimum absolute atomic E-state index is 0.508. The highest BCUT2D eigenvalue weighted by molar-refractivity contribution is 6.83. The topological polar surface area (TPSA) is 32.3 Å². The zero-order valence-electron chi connectivity index (χ0n) is 10.0. The Labute approximate surface area is 93.5 Å². The minimum atomic E-state index is -2.12. The van der Waals surface area contributed by atoms with Crippen LogP contribution in [0.3, 0.4) is 0 Å². The summed E-state index contributed by atoms with van der Waals surface area (Å²) >= 11 is 0. The Bertz CT molecular complexity index is 300. The van der Waals surface area contributed by atoms with E-state index in [4.69, 9.17) is 0 Å². The van der Waals surface area contributed by atoms with Gasteiger partial charge in [0.25, 0.3) is 0 Å². The molecule has 1 aromatic carbocycles. The molecule has 0 aliphatic carbocycles. The number of nitrogens with one attached hydrogen (secondary N) is 1. The van der Waals surface area contributed by atoms with Crippen LogP contribution in [0, 0.1) is 0 Å². The average molecular weight is 223 g/mol. The number of hydrogen-bond donors (Lipinski definition) is 2. The molecule has 0 aliphatic rings. The van der Waals surface area contributed by atoms with Crippen molar-refractivity contribution in [1.29, 1.82) is 0 Å². The Balaban J connectivity index is 2.65. The third-order valence-electron chi connectivity index (χ3n) is 2.37. The predicted octanol–water partition coefficient (Wildman–Crippen LogP) is 1.59. The maximum absolute atomic E-state index is 9.92. The van der Waals surface area contributed by atoms with Crippen molar-refractivity contribution in [2.24, 2.45) is 0 Å². The van der Waals surface area contributed by atoms with Crippen molar-refractivity contribution >= 4 is 13.5 Å². The first kappa shape index (κ1) is 12.4. The third-order valence-corrected chi connectivity index (χ3v) is 4.12. The molecule has 0 unspecified atom stereocenters. The van der Waals surface area contributed by atoms with E-state index in [-0.39, 0.29) is 0 Å². The van der Waals surface area contributed by atoms with Gasteiger partial charge in [-0.3, -0.25) is 0 Å². The van der Waals surface area contributed by atoms with Crippen LogP contribution in [0.2, 0.25) is 13.1 Å². The molecule has 0 radical (unpaired) electrons. The molecular weight excluding hydrogens is 202 g/mol. The van der Waals surface area contributed by atoms with Gasteiger partial charge in [-0.05, 0) is 23.8 Å². The molecule has 1 aromatic rings. The first-order valence-corrected chi connectivity index (χ1v) is 8.39. The normalized spacial score (nSPS) is 12.1. The number of rotatable bonds is 4. The second kappa shape index (κ2) is 4.92. The molecule has 1 rings (SSSR count). The highest BCUT2D eigenvalue weighted by atomic mass is 28.4. The van der Waals surface area contributed by atoms with Crippen molar-refractivity contribution in [1.82, 2.24) is 5.32 Å². The summed E-state index contributed by atoms with van der Waals surface area (Å²) in [7, 11) is -2.12. The van der Waals surface area contributed by atoms with Crippen LogP contribution in [0.15, 0.2) is 24.3 Å². The van der Waals surface area contributed by atoms with E-state index in [0.717, 1.165) is 11.7 Å². The van der Waals surface area contributed by atoms with Crippen molar-refractivity contribution in [3.05, 3.63) is 29.8 Å². The maximum Gasteiger partial charge on any atom is 0.213 e. The fraction of sp³-hybridized carbons (Fsp3) is 0.500. The molecule has 0 aliphatic heterocycles. The molecule has 0 spiro atoms. The molecule has 0 saturated heterocycles. The Morgan fingerprint density at radius 3 is 2.13 bits per heavy atom. The van der Waals surface area contributed by atoms with Gasteiger partial charge in [0.2, 0.25) is 8.32 Å². The van der Waals surface area contributed by atoms with Gasteiger partial charge in [-0.15, -0.1) is 0 Å². The van der Waals surface area contributed by atoms with Crippen molar-refractivity contribution < 1.29 is 4.80 Å². The number of benzene rings is 1. The molecular formula is C12H21NOSi. The Hall–Kier alpha value is -0.643. The standard InChI is InChI=1S/C12H21NOSi/c1-10(2)13-9-11-5-7-12(8-6-11)15(3,4)14/h5-8,10,13-14H,9H2,1-4H3. The van der Waals surface area contributed by atoms with Gasteiger partial charge >= 0.3 is 0 Å². The second-order valence-electron chi connectivity index (χ2n) is 4.79. The van der Waals surface area contributed by atoms with Crippen molar-refractivity contribution in [2.75, 3.05) is 0 Å². The lowest BCUT2D eigenvalue weighted by Gasteiger charge is -2.15. The van der Waals surface area contributed by atoms with Crippen LogP contribution in [-0.4, -0.2) is 19.2 Å². The Morgan fingerprint density at radius 2 is 1.73 bits per heavy atom. The molecule has 15 heavy (non-hydrogen) atoms. The van der Waals surface area contributed by atoms with Gasteiger partial charge in [0.15, 0.2) is 0 Å². The highest BCUT2D eigenvalue weighted by Crippen LogP contribution is 2.02. The smallest absolute Gasteiger partial charge is 0.213 e. The van der Waals surface area contributed by atoms with Gasteiger partial charge in [-0.1, -0.05) is 38.1 Å². The summed E-state index contributed by atoms with van der Waals surface area (Å²) in [6, 6.07) is 8.78. The maximum atomic E-state index is 9.92. The molecule has 0 amide bonds. The van der Waals surface area contributed by atoms with E-state index >= 15 is 0 Å². The summed E-state index contributed by atoms with van der Waals surface area (Å²) in [5.41, 5.74) is 1.27. The average Bonchev–Trinajstić information content (AvgIpc) is 2.14. The minimum Gasteiger partial charge on any atom is -0.428 e. The van der Waals surface area contributed by atoms with Gasteiger partial charge in [0, 0.05) is 12.6 Å². The molecule has 0 fully saturated rings. The first-order chi connectivity index (χ1) is 6.89. The predicted molar refractivity (Wildman–Crippen MR) is 67.8 cm³/mol. The van der Waals surface area contributed by atoms with E-state index in [0.29, 0.717) is 6.04 Å². The molecule has 0 saturated carbocycles. The van der Waals surface area contributed by atoms with Crippen LogP contribution < -0.4 is 10.5 Å². The second-order valence-corrected chi connectivity index (χ2v) is 8.49. The molecule has 0 atom stereocenters. The monoisotopic (exact) mass is 223 g/mol. The lowest BCUT2D eigenvalue weighted by Crippen LogP contribution is -2.41. The zero-order valence-corrected chi connectivity index (χ0v) is 11.0. The lowest BCUT2D eigenvalue weighted by atomic mass is 10.2. The van der Waals surface area contributed by atoms with Gasteiger partial charge in [-0.25, -0.2) is 0 Å². The summed E-state index contributed by atoms with van der Waals surface area (Å²) in [5, 5.41) is 4.46. The van der Waals surface area contributed by atoms with Crippen LogP contribution in [0.25, 0.3) is 0 Å². The van der Waals surface area contributed by atoms with E-state index in [1.807, 2.05) is 25.2 Å². The molecule has 3 heteroatoms. The van der Waals surface area contributed by atoms with Gasteiger partial charge in [0.05, 0.1) is 0 Å². The fourth-order valence-corrected chi connectivity index (χ4v) is 2.33. The summed E-state index contributed by atoms with van der Waals surface area (Å²) in [5.74, 6) is 0. The van der Waals surface area contributed by atoms with E-state index in [1.165, 1.54) is 5.56 Å². The van der Waals surface area contributed by atoms with Crippen molar-refractivity contribution in [3.8, 4) is 0 Å². The van der Waals surface area contributed by atoms with E-state index in [1.54, 1.807) is 0 Å². The Kier molecular flexibility index (Phi) is 4.08. The highest BCUT2D eigenvalue weighted by Gasteiger charge is 2.19. The fourth-order valence-electron chi connectivity index (χ4n) is 1.35. The zero-order chi connectivity index (χ0) is 11.5. The van der Waals surface area contributed by atoms with E-state index in [2.05, 4.69) is 31.3 Å². The largest absolute Gasteiger partial charge is 0.428 e. The summed E-state index contributed by atoms with van der Waals surface area (Å²) < 4.78 is 0. The van der Waals surface area contributed by atoms with Crippen molar-refractivity contribution in [2.45, 2.75) is 39.5 Å². The lowest BCUT2D eigenvalue weighted by molar-refractivity contribution is 0.568. The summed E-state index contributed by atoms with van der Waals surface area (Å²) in [6.45, 7) is 9.05. The molecule has 2 N–H and O–H groups in total. The van der Waals surface area contributed by atoms with Crippen LogP contribution in [0.5, 0.6) is 0 Å². The quantitative estimate of drug-likeness (QED) is 0.760. The van der Waals surface area contributed by atoms with Crippen LogP contribution >= 0.6 is 0 Å². The van der Waals surface area contributed by atoms with Gasteiger partial charge < -0.3 is 10.1 Å². The number of hydrogen-bond acceptors (Lipinski definition) is 2. The van der Waals surface area contributed by atoms with Gasteiger partial charge in [-0.2, -0.15) is 0 Å². The molecule has 84 valence electrons. The third kappa shape index (κ3) is 4.16. The first-order valence-electron chi connectivity index (χ1n) is 5.45. The van der Waals surface area contributed by atoms with E-state index in [9.17, 15) is 4.80 Å².